The molecular formula is C9H10BNO2S. The third-order valence-electron chi connectivity index (χ3n) is 2.09. The summed E-state index contributed by atoms with van der Waals surface area (Å²) in [7, 11) is -1.38. The maximum Gasteiger partial charge on any atom is 0.499 e. The van der Waals surface area contributed by atoms with Gasteiger partial charge in [0, 0.05) is 16.0 Å². The molecule has 0 fully saturated rings. The Morgan fingerprint density at radius 3 is 2.71 bits per heavy atom. The number of fused-ring (bicyclic) bond motifs is 1. The summed E-state index contributed by atoms with van der Waals surface area (Å²) in [6.45, 7) is 0.503. The molecule has 0 aliphatic rings. The molecule has 0 spiro atoms. The SMILES string of the molecule is NCc1ccc2sc(B(O)O)cc2c1. The molecule has 0 amide bonds. The normalized spacial score (nSPS) is 10.8. The molecule has 0 unspecified atom stereocenters. The Balaban J connectivity index is 2.54. The van der Waals surface area contributed by atoms with E-state index in [4.69, 9.17) is 15.8 Å². The first-order valence-corrected chi connectivity index (χ1v) is 5.11. The summed E-state index contributed by atoms with van der Waals surface area (Å²) in [5.74, 6) is 0. The summed E-state index contributed by atoms with van der Waals surface area (Å²) >= 11 is 1.38. The van der Waals surface area contributed by atoms with Crippen LogP contribution in [0.1, 0.15) is 5.56 Å². The smallest absolute Gasteiger partial charge is 0.423 e. The van der Waals surface area contributed by atoms with Crippen molar-refractivity contribution in [1.82, 2.24) is 0 Å². The topological polar surface area (TPSA) is 66.5 Å². The Hall–Kier alpha value is -0.875. The van der Waals surface area contributed by atoms with Gasteiger partial charge in [-0.2, -0.15) is 0 Å². The minimum Gasteiger partial charge on any atom is -0.423 e. The van der Waals surface area contributed by atoms with Crippen LogP contribution in [0.4, 0.5) is 0 Å². The van der Waals surface area contributed by atoms with Gasteiger partial charge in [0.2, 0.25) is 0 Å². The van der Waals surface area contributed by atoms with Crippen LogP contribution in [0, 0.1) is 0 Å². The number of nitrogens with two attached hydrogens (primary N) is 1. The average molecular weight is 207 g/mol. The molecule has 0 saturated carbocycles. The second-order valence-electron chi connectivity index (χ2n) is 3.10. The summed E-state index contributed by atoms with van der Waals surface area (Å²) in [5.41, 5.74) is 6.56. The maximum absolute atomic E-state index is 8.99. The quantitative estimate of drug-likeness (QED) is 0.609. The number of rotatable bonds is 2. The lowest BCUT2D eigenvalue weighted by Crippen LogP contribution is -2.26. The van der Waals surface area contributed by atoms with E-state index in [2.05, 4.69) is 0 Å². The van der Waals surface area contributed by atoms with Crippen molar-refractivity contribution >= 4 is 33.3 Å². The van der Waals surface area contributed by atoms with Crippen LogP contribution in [0.15, 0.2) is 24.3 Å². The predicted molar refractivity (Wildman–Crippen MR) is 59.5 cm³/mol. The standard InChI is InChI=1S/C9H10BNO2S/c11-5-6-1-2-8-7(3-6)4-9(14-8)10(12)13/h1-4,12-13H,5,11H2. The molecule has 1 aromatic heterocycles. The molecule has 3 nitrogen and oxygen atoms in total. The second-order valence-corrected chi connectivity index (χ2v) is 4.21. The zero-order chi connectivity index (χ0) is 10.1. The van der Waals surface area contributed by atoms with Crippen LogP contribution < -0.4 is 10.5 Å². The first-order valence-electron chi connectivity index (χ1n) is 4.29. The van der Waals surface area contributed by atoms with E-state index in [-0.39, 0.29) is 0 Å². The molecule has 1 heterocycles. The first kappa shape index (κ1) is 9.67. The van der Waals surface area contributed by atoms with Gasteiger partial charge < -0.3 is 15.8 Å². The second kappa shape index (κ2) is 3.71. The van der Waals surface area contributed by atoms with Gasteiger partial charge in [0.05, 0.1) is 0 Å². The van der Waals surface area contributed by atoms with Gasteiger partial charge in [-0.1, -0.05) is 6.07 Å². The van der Waals surface area contributed by atoms with Crippen LogP contribution >= 0.6 is 11.3 Å². The van der Waals surface area contributed by atoms with E-state index in [1.54, 1.807) is 6.07 Å². The zero-order valence-corrected chi connectivity index (χ0v) is 8.29. The van der Waals surface area contributed by atoms with Crippen molar-refractivity contribution in [2.24, 2.45) is 5.73 Å². The fourth-order valence-electron chi connectivity index (χ4n) is 1.37. The molecule has 0 atom stereocenters. The van der Waals surface area contributed by atoms with E-state index in [1.165, 1.54) is 11.3 Å². The van der Waals surface area contributed by atoms with Crippen molar-refractivity contribution in [2.45, 2.75) is 6.54 Å². The van der Waals surface area contributed by atoms with Crippen LogP contribution in [0.3, 0.4) is 0 Å². The summed E-state index contributed by atoms with van der Waals surface area (Å²) in [4.78, 5) is 0. The van der Waals surface area contributed by atoms with Crippen molar-refractivity contribution < 1.29 is 10.0 Å². The zero-order valence-electron chi connectivity index (χ0n) is 7.47. The number of benzene rings is 1. The van der Waals surface area contributed by atoms with Crippen LogP contribution in [-0.2, 0) is 6.54 Å². The molecule has 5 heteroatoms. The summed E-state index contributed by atoms with van der Waals surface area (Å²) in [6.07, 6.45) is 0. The average Bonchev–Trinajstić information content (AvgIpc) is 2.59. The van der Waals surface area contributed by atoms with Gasteiger partial charge >= 0.3 is 7.12 Å². The monoisotopic (exact) mass is 207 g/mol. The van der Waals surface area contributed by atoms with Crippen molar-refractivity contribution in [1.29, 1.82) is 0 Å². The van der Waals surface area contributed by atoms with Gasteiger partial charge in [-0.05, 0) is 29.1 Å². The number of hydrogen-bond acceptors (Lipinski definition) is 4. The Labute approximate surface area is 85.9 Å². The molecule has 0 aliphatic heterocycles. The third kappa shape index (κ3) is 1.67. The van der Waals surface area contributed by atoms with E-state index in [0.717, 1.165) is 15.6 Å². The van der Waals surface area contributed by atoms with Gasteiger partial charge in [-0.15, -0.1) is 11.3 Å². The molecule has 1 aromatic carbocycles. The minimum absolute atomic E-state index is 0.503. The van der Waals surface area contributed by atoms with Crippen LogP contribution in [-0.4, -0.2) is 17.2 Å². The van der Waals surface area contributed by atoms with E-state index < -0.39 is 7.12 Å². The van der Waals surface area contributed by atoms with Crippen LogP contribution in [0.25, 0.3) is 10.1 Å². The van der Waals surface area contributed by atoms with Crippen LogP contribution in [0.2, 0.25) is 0 Å². The van der Waals surface area contributed by atoms with E-state index in [9.17, 15) is 0 Å². The van der Waals surface area contributed by atoms with Crippen LogP contribution in [0.5, 0.6) is 0 Å². The molecule has 72 valence electrons. The Morgan fingerprint density at radius 1 is 1.29 bits per heavy atom. The Kier molecular flexibility index (Phi) is 2.56. The third-order valence-corrected chi connectivity index (χ3v) is 3.25. The molecular weight excluding hydrogens is 197 g/mol. The van der Waals surface area contributed by atoms with Crippen molar-refractivity contribution in [3.05, 3.63) is 29.8 Å². The van der Waals surface area contributed by atoms with Crippen molar-refractivity contribution in [3.63, 3.8) is 0 Å². The van der Waals surface area contributed by atoms with Gasteiger partial charge in [-0.3, -0.25) is 0 Å². The molecule has 14 heavy (non-hydrogen) atoms. The molecule has 0 bridgehead atoms. The summed E-state index contributed by atoms with van der Waals surface area (Å²) in [6, 6.07) is 7.65. The van der Waals surface area contributed by atoms with Gasteiger partial charge in [0.25, 0.3) is 0 Å². The highest BCUT2D eigenvalue weighted by Crippen LogP contribution is 2.20. The number of thiophene rings is 1. The molecule has 0 radical (unpaired) electrons. The van der Waals surface area contributed by atoms with Gasteiger partial charge in [0.15, 0.2) is 0 Å². The molecule has 0 saturated heterocycles. The fourth-order valence-corrected chi connectivity index (χ4v) is 2.28. The van der Waals surface area contributed by atoms with Gasteiger partial charge in [-0.25, -0.2) is 0 Å². The molecule has 0 aliphatic carbocycles. The largest absolute Gasteiger partial charge is 0.499 e. The molecule has 4 N–H and O–H groups in total. The van der Waals surface area contributed by atoms with Crippen molar-refractivity contribution in [3.8, 4) is 0 Å². The van der Waals surface area contributed by atoms with Crippen molar-refractivity contribution in [2.75, 3.05) is 0 Å². The predicted octanol–water partition coefficient (Wildman–Crippen LogP) is 0.0398. The summed E-state index contributed by atoms with van der Waals surface area (Å²) < 4.78 is 1.61. The van der Waals surface area contributed by atoms with E-state index in [1.807, 2.05) is 18.2 Å². The maximum atomic E-state index is 8.99. The highest BCUT2D eigenvalue weighted by Gasteiger charge is 2.14. The lowest BCUT2D eigenvalue weighted by molar-refractivity contribution is 0.427. The Bertz CT molecular complexity index is 455. The lowest BCUT2D eigenvalue weighted by atomic mass is 9.89. The fraction of sp³-hybridized carbons (Fsp3) is 0.111. The summed E-state index contributed by atoms with van der Waals surface area (Å²) in [5, 5.41) is 19.0. The molecule has 2 rings (SSSR count). The highest BCUT2D eigenvalue weighted by molar-refractivity contribution is 7.27. The lowest BCUT2D eigenvalue weighted by Gasteiger charge is -1.94. The first-order chi connectivity index (χ1) is 6.70. The molecule has 2 aromatic rings. The van der Waals surface area contributed by atoms with Gasteiger partial charge in [0.1, 0.15) is 0 Å². The van der Waals surface area contributed by atoms with E-state index in [0.29, 0.717) is 11.3 Å². The minimum atomic E-state index is -1.38. The van der Waals surface area contributed by atoms with E-state index >= 15 is 0 Å². The number of hydrogen-bond donors (Lipinski definition) is 3. The highest BCUT2D eigenvalue weighted by atomic mass is 32.1. The Morgan fingerprint density at radius 2 is 2.07 bits per heavy atom.